The lowest BCUT2D eigenvalue weighted by Crippen LogP contribution is -2.45. The topological polar surface area (TPSA) is 84.5 Å². The summed E-state index contributed by atoms with van der Waals surface area (Å²) in [7, 11) is -4.13. The quantitative estimate of drug-likeness (QED) is 0.380. The average molecular weight is 505 g/mol. The summed E-state index contributed by atoms with van der Waals surface area (Å²) in [6.45, 7) is 2.04. The second-order valence-corrected chi connectivity index (χ2v) is 10.0. The SMILES string of the molecule is CCOc1ccc(Cl)cc1S(=O)(=O)NC(Cc1ccccc1)C(=O)Nc1ccccc1SC. The minimum atomic E-state index is -4.13. The largest absolute Gasteiger partial charge is 0.492 e. The van der Waals surface area contributed by atoms with Crippen LogP contribution in [0.4, 0.5) is 5.69 Å². The molecule has 0 heterocycles. The minimum Gasteiger partial charge on any atom is -0.492 e. The van der Waals surface area contributed by atoms with Gasteiger partial charge in [0.15, 0.2) is 0 Å². The van der Waals surface area contributed by atoms with E-state index in [0.29, 0.717) is 5.69 Å². The summed E-state index contributed by atoms with van der Waals surface area (Å²) < 4.78 is 34.7. The zero-order chi connectivity index (χ0) is 23.8. The Kier molecular flexibility index (Phi) is 8.80. The zero-order valence-electron chi connectivity index (χ0n) is 18.2. The van der Waals surface area contributed by atoms with E-state index in [1.165, 1.54) is 23.9 Å². The number of carbonyl (C=O) groups is 1. The molecule has 6 nitrogen and oxygen atoms in total. The maximum atomic E-state index is 13.3. The monoisotopic (exact) mass is 504 g/mol. The number of carbonyl (C=O) groups excluding carboxylic acids is 1. The number of para-hydroxylation sites is 1. The molecule has 0 aliphatic rings. The van der Waals surface area contributed by atoms with Crippen molar-refractivity contribution < 1.29 is 17.9 Å². The third-order valence-corrected chi connectivity index (χ3v) is 7.28. The van der Waals surface area contributed by atoms with Crippen LogP contribution in [0.1, 0.15) is 12.5 Å². The Morgan fingerprint density at radius 1 is 1.06 bits per heavy atom. The molecule has 0 radical (unpaired) electrons. The van der Waals surface area contributed by atoms with Gasteiger partial charge in [-0.05, 0) is 55.5 Å². The van der Waals surface area contributed by atoms with Crippen LogP contribution < -0.4 is 14.8 Å². The molecular weight excluding hydrogens is 480 g/mol. The average Bonchev–Trinajstić information content (AvgIpc) is 2.81. The van der Waals surface area contributed by atoms with Gasteiger partial charge in [0.2, 0.25) is 15.9 Å². The van der Waals surface area contributed by atoms with E-state index in [4.69, 9.17) is 16.3 Å². The molecule has 174 valence electrons. The van der Waals surface area contributed by atoms with Gasteiger partial charge < -0.3 is 10.1 Å². The minimum absolute atomic E-state index is 0.118. The van der Waals surface area contributed by atoms with Crippen molar-refractivity contribution in [1.82, 2.24) is 4.72 Å². The summed E-state index contributed by atoms with van der Waals surface area (Å²) in [5, 5.41) is 3.11. The number of thioether (sulfide) groups is 1. The number of ether oxygens (including phenoxy) is 1. The third-order valence-electron chi connectivity index (χ3n) is 4.76. The van der Waals surface area contributed by atoms with Gasteiger partial charge in [-0.25, -0.2) is 8.42 Å². The number of hydrogen-bond acceptors (Lipinski definition) is 5. The van der Waals surface area contributed by atoms with Crippen LogP contribution in [0, 0.1) is 0 Å². The highest BCUT2D eigenvalue weighted by atomic mass is 35.5. The highest BCUT2D eigenvalue weighted by Gasteiger charge is 2.29. The molecule has 2 N–H and O–H groups in total. The standard InChI is InChI=1S/C24H25ClN2O4S2/c1-3-31-21-14-13-18(25)16-23(21)33(29,30)27-20(15-17-9-5-4-6-10-17)24(28)26-19-11-7-8-12-22(19)32-2/h4-14,16,20,27H,3,15H2,1-2H3,(H,26,28). The van der Waals surface area contributed by atoms with Crippen LogP contribution in [-0.2, 0) is 21.2 Å². The molecule has 1 unspecified atom stereocenters. The smallest absolute Gasteiger partial charge is 0.245 e. The number of halogens is 1. The van der Waals surface area contributed by atoms with E-state index in [1.54, 1.807) is 19.1 Å². The molecule has 0 aliphatic heterocycles. The van der Waals surface area contributed by atoms with E-state index in [9.17, 15) is 13.2 Å². The molecule has 0 aromatic heterocycles. The summed E-state index contributed by atoms with van der Waals surface area (Å²) >= 11 is 7.55. The number of sulfonamides is 1. The molecule has 0 fully saturated rings. The van der Waals surface area contributed by atoms with Crippen LogP contribution in [0.5, 0.6) is 5.75 Å². The van der Waals surface area contributed by atoms with Crippen molar-refractivity contribution in [3.63, 3.8) is 0 Å². The molecule has 1 atom stereocenters. The van der Waals surface area contributed by atoms with E-state index >= 15 is 0 Å². The molecule has 9 heteroatoms. The molecular formula is C24H25ClN2O4S2. The lowest BCUT2D eigenvalue weighted by molar-refractivity contribution is -0.117. The summed E-state index contributed by atoms with van der Waals surface area (Å²) in [5.74, 6) is -0.301. The molecule has 33 heavy (non-hydrogen) atoms. The summed E-state index contributed by atoms with van der Waals surface area (Å²) in [5.41, 5.74) is 1.43. The molecule has 3 aromatic carbocycles. The summed E-state index contributed by atoms with van der Waals surface area (Å²) in [6, 6.07) is 19.9. The van der Waals surface area contributed by atoms with Crippen molar-refractivity contribution in [1.29, 1.82) is 0 Å². The molecule has 0 saturated carbocycles. The number of anilines is 1. The van der Waals surface area contributed by atoms with E-state index in [2.05, 4.69) is 10.0 Å². The van der Waals surface area contributed by atoms with Crippen LogP contribution in [0.15, 0.2) is 82.6 Å². The number of nitrogens with one attached hydrogen (secondary N) is 2. The number of benzene rings is 3. The second-order valence-electron chi connectivity index (χ2n) is 7.08. The van der Waals surface area contributed by atoms with Crippen LogP contribution in [0.3, 0.4) is 0 Å². The van der Waals surface area contributed by atoms with E-state index in [1.807, 2.05) is 54.8 Å². The van der Waals surface area contributed by atoms with Gasteiger partial charge in [-0.2, -0.15) is 4.72 Å². The molecule has 0 aliphatic carbocycles. The fraction of sp³-hybridized carbons (Fsp3) is 0.208. The first-order chi connectivity index (χ1) is 15.8. The normalized spacial score (nSPS) is 12.2. The number of amides is 1. The van der Waals surface area contributed by atoms with Crippen molar-refractivity contribution >= 4 is 45.0 Å². The van der Waals surface area contributed by atoms with Gasteiger partial charge in [0.05, 0.1) is 12.3 Å². The van der Waals surface area contributed by atoms with Crippen LogP contribution in [0.25, 0.3) is 0 Å². The maximum absolute atomic E-state index is 13.3. The Morgan fingerprint density at radius 3 is 2.45 bits per heavy atom. The van der Waals surface area contributed by atoms with Crippen molar-refractivity contribution in [2.75, 3.05) is 18.2 Å². The van der Waals surface area contributed by atoms with Gasteiger partial charge in [0.1, 0.15) is 16.7 Å². The highest BCUT2D eigenvalue weighted by Crippen LogP contribution is 2.28. The second kappa shape index (κ2) is 11.6. The molecule has 0 bridgehead atoms. The van der Waals surface area contributed by atoms with Gasteiger partial charge in [-0.15, -0.1) is 11.8 Å². The Labute approximate surface area is 203 Å². The Morgan fingerprint density at radius 2 is 1.76 bits per heavy atom. The van der Waals surface area contributed by atoms with Gasteiger partial charge in [0, 0.05) is 9.92 Å². The Balaban J connectivity index is 1.94. The molecule has 3 rings (SSSR count). The predicted molar refractivity (Wildman–Crippen MR) is 134 cm³/mol. The van der Waals surface area contributed by atoms with Crippen LogP contribution >= 0.6 is 23.4 Å². The molecule has 0 saturated heterocycles. The fourth-order valence-electron chi connectivity index (χ4n) is 3.22. The lowest BCUT2D eigenvalue weighted by Gasteiger charge is -2.20. The van der Waals surface area contributed by atoms with Gasteiger partial charge in [-0.1, -0.05) is 54.1 Å². The predicted octanol–water partition coefficient (Wildman–Crippen LogP) is 4.99. The first-order valence-electron chi connectivity index (χ1n) is 10.3. The Hall–Kier alpha value is -2.52. The van der Waals surface area contributed by atoms with E-state index in [0.717, 1.165) is 10.5 Å². The number of rotatable bonds is 10. The lowest BCUT2D eigenvalue weighted by atomic mass is 10.1. The van der Waals surface area contributed by atoms with Crippen LogP contribution in [0.2, 0.25) is 5.02 Å². The van der Waals surface area contributed by atoms with E-state index < -0.39 is 22.0 Å². The third kappa shape index (κ3) is 6.74. The van der Waals surface area contributed by atoms with Gasteiger partial charge in [-0.3, -0.25) is 4.79 Å². The van der Waals surface area contributed by atoms with Crippen molar-refractivity contribution in [3.05, 3.63) is 83.4 Å². The molecule has 3 aromatic rings. The maximum Gasteiger partial charge on any atom is 0.245 e. The van der Waals surface area contributed by atoms with Gasteiger partial charge in [0.25, 0.3) is 0 Å². The first kappa shape index (κ1) is 25.1. The van der Waals surface area contributed by atoms with E-state index in [-0.39, 0.29) is 28.7 Å². The van der Waals surface area contributed by atoms with Crippen molar-refractivity contribution in [3.8, 4) is 5.75 Å². The summed E-state index contributed by atoms with van der Waals surface area (Å²) in [4.78, 5) is 14.0. The number of hydrogen-bond donors (Lipinski definition) is 2. The summed E-state index contributed by atoms with van der Waals surface area (Å²) in [6.07, 6.45) is 2.07. The zero-order valence-corrected chi connectivity index (χ0v) is 20.6. The van der Waals surface area contributed by atoms with Gasteiger partial charge >= 0.3 is 0 Å². The Bertz CT molecular complexity index is 1200. The molecule has 0 spiro atoms. The highest BCUT2D eigenvalue weighted by molar-refractivity contribution is 7.98. The fourth-order valence-corrected chi connectivity index (χ4v) is 5.38. The molecule has 1 amide bonds. The van der Waals surface area contributed by atoms with Crippen LogP contribution in [-0.4, -0.2) is 33.2 Å². The van der Waals surface area contributed by atoms with Crippen molar-refractivity contribution in [2.45, 2.75) is 29.2 Å². The van der Waals surface area contributed by atoms with Crippen molar-refractivity contribution in [2.24, 2.45) is 0 Å². The first-order valence-corrected chi connectivity index (χ1v) is 13.3.